The first-order valence-corrected chi connectivity index (χ1v) is 9.14. The zero-order valence-corrected chi connectivity index (χ0v) is 15.4. The van der Waals surface area contributed by atoms with Crippen LogP contribution in [0.5, 0.6) is 0 Å². The first-order chi connectivity index (χ1) is 13.4. The summed E-state index contributed by atoms with van der Waals surface area (Å²) in [5.41, 5.74) is 5.55. The van der Waals surface area contributed by atoms with Crippen LogP contribution in [0.4, 0.5) is 17.5 Å². The minimum atomic E-state index is -0.346. The third-order valence-corrected chi connectivity index (χ3v) is 4.55. The first-order valence-electron chi connectivity index (χ1n) is 9.14. The molecule has 1 saturated heterocycles. The second-order valence-corrected chi connectivity index (χ2v) is 6.62. The van der Waals surface area contributed by atoms with Gasteiger partial charge in [-0.25, -0.2) is 0 Å². The summed E-state index contributed by atoms with van der Waals surface area (Å²) in [4.78, 5) is 56.8. The van der Waals surface area contributed by atoms with E-state index in [0.29, 0.717) is 37.7 Å². The summed E-state index contributed by atoms with van der Waals surface area (Å²) in [6.07, 6.45) is 1.48. The standard InChI is InChI=1S/C16H24N8O4/c17-16-21-14-13(15(28)22-16)20-9-24(14)7-3-10(25)18-4-5-19-11(26)8-23-6-1-2-12(23)27/h20H,1-9H2,(H,18,25)(H,19,26)(H3,17,21,22,28). The van der Waals surface area contributed by atoms with E-state index in [1.165, 1.54) is 4.90 Å². The maximum Gasteiger partial charge on any atom is 0.277 e. The molecule has 0 atom stereocenters. The van der Waals surface area contributed by atoms with Gasteiger partial charge in [0.15, 0.2) is 5.82 Å². The molecule has 0 saturated carbocycles. The van der Waals surface area contributed by atoms with Gasteiger partial charge in [0.1, 0.15) is 5.69 Å². The molecule has 0 aromatic carbocycles. The van der Waals surface area contributed by atoms with Gasteiger partial charge in [-0.15, -0.1) is 0 Å². The summed E-state index contributed by atoms with van der Waals surface area (Å²) >= 11 is 0. The molecule has 3 rings (SSSR count). The number of aromatic nitrogens is 2. The van der Waals surface area contributed by atoms with Gasteiger partial charge in [-0.1, -0.05) is 0 Å². The Hall–Kier alpha value is -3.31. The molecule has 2 aliphatic rings. The summed E-state index contributed by atoms with van der Waals surface area (Å²) in [6.45, 7) is 1.98. The van der Waals surface area contributed by atoms with Crippen molar-refractivity contribution in [3.05, 3.63) is 10.4 Å². The van der Waals surface area contributed by atoms with E-state index in [9.17, 15) is 19.2 Å². The van der Waals surface area contributed by atoms with Crippen LogP contribution in [0, 0.1) is 0 Å². The molecule has 12 heteroatoms. The summed E-state index contributed by atoms with van der Waals surface area (Å²) in [7, 11) is 0. The van der Waals surface area contributed by atoms with Crippen LogP contribution < -0.4 is 32.1 Å². The van der Waals surface area contributed by atoms with E-state index >= 15 is 0 Å². The van der Waals surface area contributed by atoms with Crippen LogP contribution in [-0.4, -0.2) is 72.0 Å². The largest absolute Gasteiger partial charge is 0.369 e. The van der Waals surface area contributed by atoms with Crippen molar-refractivity contribution in [1.82, 2.24) is 25.5 Å². The molecule has 0 spiro atoms. The lowest BCUT2D eigenvalue weighted by Gasteiger charge is -2.17. The van der Waals surface area contributed by atoms with Crippen molar-refractivity contribution in [1.29, 1.82) is 0 Å². The molecule has 0 radical (unpaired) electrons. The number of nitrogens with one attached hydrogen (secondary N) is 4. The SMILES string of the molecule is Nc1nc2c(c(=O)[nH]1)NCN2CCC(=O)NCCNC(=O)CN1CCCC1=O. The smallest absolute Gasteiger partial charge is 0.277 e. The molecule has 0 bridgehead atoms. The Morgan fingerprint density at radius 1 is 1.14 bits per heavy atom. The number of likely N-dealkylation sites (tertiary alicyclic amines) is 1. The normalized spacial score (nSPS) is 15.4. The number of nitrogens with zero attached hydrogens (tertiary/aromatic N) is 3. The zero-order valence-electron chi connectivity index (χ0n) is 15.4. The summed E-state index contributed by atoms with van der Waals surface area (Å²) in [5, 5.41) is 8.32. The van der Waals surface area contributed by atoms with Crippen LogP contribution in [0.3, 0.4) is 0 Å². The monoisotopic (exact) mass is 392 g/mol. The Labute approximate surface area is 160 Å². The van der Waals surface area contributed by atoms with Gasteiger partial charge in [0.2, 0.25) is 23.7 Å². The highest BCUT2D eigenvalue weighted by molar-refractivity contribution is 5.85. The zero-order chi connectivity index (χ0) is 20.1. The lowest BCUT2D eigenvalue weighted by atomic mass is 10.3. The molecule has 0 unspecified atom stereocenters. The van der Waals surface area contributed by atoms with Crippen molar-refractivity contribution in [2.45, 2.75) is 19.3 Å². The number of fused-ring (bicyclic) bond motifs is 1. The average molecular weight is 392 g/mol. The minimum absolute atomic E-state index is 0.000310. The number of rotatable bonds is 8. The van der Waals surface area contributed by atoms with Gasteiger partial charge in [0, 0.05) is 39.0 Å². The number of nitrogens with two attached hydrogens (primary N) is 1. The highest BCUT2D eigenvalue weighted by atomic mass is 16.2. The number of amides is 3. The number of hydrogen-bond donors (Lipinski definition) is 5. The predicted octanol–water partition coefficient (Wildman–Crippen LogP) is -2.21. The van der Waals surface area contributed by atoms with Gasteiger partial charge >= 0.3 is 0 Å². The number of carbonyl (C=O) groups is 3. The van der Waals surface area contributed by atoms with Crippen LogP contribution in [0.1, 0.15) is 19.3 Å². The van der Waals surface area contributed by atoms with E-state index in [0.717, 1.165) is 6.42 Å². The number of anilines is 3. The Balaban J connectivity index is 1.33. The van der Waals surface area contributed by atoms with Crippen molar-refractivity contribution in [3.63, 3.8) is 0 Å². The molecule has 1 fully saturated rings. The topological polar surface area (TPSA) is 166 Å². The van der Waals surface area contributed by atoms with Gasteiger partial charge in [0.25, 0.3) is 5.56 Å². The molecule has 2 aliphatic heterocycles. The molecule has 152 valence electrons. The van der Waals surface area contributed by atoms with Crippen molar-refractivity contribution < 1.29 is 14.4 Å². The predicted molar refractivity (Wildman–Crippen MR) is 102 cm³/mol. The van der Waals surface area contributed by atoms with Crippen LogP contribution in [-0.2, 0) is 14.4 Å². The Bertz CT molecular complexity index is 823. The number of carbonyl (C=O) groups excluding carboxylic acids is 3. The van der Waals surface area contributed by atoms with Crippen LogP contribution >= 0.6 is 0 Å². The van der Waals surface area contributed by atoms with Gasteiger partial charge < -0.3 is 31.5 Å². The van der Waals surface area contributed by atoms with Crippen LogP contribution in [0.25, 0.3) is 0 Å². The number of nitrogen functional groups attached to an aromatic ring is 1. The van der Waals surface area contributed by atoms with E-state index in [4.69, 9.17) is 5.73 Å². The van der Waals surface area contributed by atoms with E-state index in [-0.39, 0.29) is 55.3 Å². The Morgan fingerprint density at radius 2 is 1.89 bits per heavy atom. The van der Waals surface area contributed by atoms with E-state index in [1.807, 2.05) is 0 Å². The highest BCUT2D eigenvalue weighted by Crippen LogP contribution is 2.25. The third-order valence-electron chi connectivity index (χ3n) is 4.55. The van der Waals surface area contributed by atoms with Crippen molar-refractivity contribution in [2.24, 2.45) is 0 Å². The number of H-pyrrole nitrogens is 1. The fourth-order valence-electron chi connectivity index (χ4n) is 3.13. The highest BCUT2D eigenvalue weighted by Gasteiger charge is 2.24. The maximum atomic E-state index is 12.0. The Morgan fingerprint density at radius 3 is 2.61 bits per heavy atom. The average Bonchev–Trinajstić information content (AvgIpc) is 3.23. The van der Waals surface area contributed by atoms with Gasteiger partial charge in [-0.2, -0.15) is 4.98 Å². The quantitative estimate of drug-likeness (QED) is 0.311. The second-order valence-electron chi connectivity index (χ2n) is 6.62. The van der Waals surface area contributed by atoms with Gasteiger partial charge in [0.05, 0.1) is 13.2 Å². The summed E-state index contributed by atoms with van der Waals surface area (Å²) < 4.78 is 0. The molecule has 6 N–H and O–H groups in total. The molecule has 28 heavy (non-hydrogen) atoms. The molecular formula is C16H24N8O4. The minimum Gasteiger partial charge on any atom is -0.369 e. The third kappa shape index (κ3) is 4.69. The molecule has 3 amide bonds. The summed E-state index contributed by atoms with van der Waals surface area (Å²) in [5.74, 6) is 0.0269. The summed E-state index contributed by atoms with van der Waals surface area (Å²) in [6, 6.07) is 0. The van der Waals surface area contributed by atoms with Gasteiger partial charge in [-0.05, 0) is 6.42 Å². The van der Waals surface area contributed by atoms with Crippen LogP contribution in [0.2, 0.25) is 0 Å². The lowest BCUT2D eigenvalue weighted by molar-refractivity contribution is -0.133. The number of aromatic amines is 1. The van der Waals surface area contributed by atoms with E-state index < -0.39 is 0 Å². The van der Waals surface area contributed by atoms with Crippen molar-refractivity contribution in [2.75, 3.05) is 55.3 Å². The maximum absolute atomic E-state index is 12.0. The first kappa shape index (κ1) is 19.5. The molecule has 12 nitrogen and oxygen atoms in total. The molecule has 3 heterocycles. The molecular weight excluding hydrogens is 368 g/mol. The molecule has 0 aliphatic carbocycles. The van der Waals surface area contributed by atoms with Gasteiger partial charge in [-0.3, -0.25) is 24.2 Å². The molecule has 1 aromatic rings. The second kappa shape index (κ2) is 8.59. The van der Waals surface area contributed by atoms with Crippen molar-refractivity contribution >= 4 is 35.2 Å². The number of hydrogen-bond acceptors (Lipinski definition) is 8. The Kier molecular flexibility index (Phi) is 5.96. The lowest BCUT2D eigenvalue weighted by Crippen LogP contribution is -2.41. The van der Waals surface area contributed by atoms with E-state index in [2.05, 4.69) is 25.9 Å². The molecule has 1 aromatic heterocycles. The van der Waals surface area contributed by atoms with Crippen LogP contribution in [0.15, 0.2) is 4.79 Å². The van der Waals surface area contributed by atoms with Crippen molar-refractivity contribution in [3.8, 4) is 0 Å². The fraction of sp³-hybridized carbons (Fsp3) is 0.562. The van der Waals surface area contributed by atoms with E-state index in [1.54, 1.807) is 4.90 Å². The fourth-order valence-corrected chi connectivity index (χ4v) is 3.13.